The number of carbonyl (C=O) groups is 2. The molecule has 0 unspecified atom stereocenters. The molecule has 1 aromatic carbocycles. The number of likely N-dealkylation sites (N-methyl/N-ethyl adjacent to an activating group) is 2. The van der Waals surface area contributed by atoms with Gasteiger partial charge >= 0.3 is 0 Å². The molecule has 0 spiro atoms. The molecule has 0 bridgehead atoms. The second-order valence-electron chi connectivity index (χ2n) is 4.69. The van der Waals surface area contributed by atoms with E-state index in [0.717, 1.165) is 6.26 Å². The number of amides is 2. The van der Waals surface area contributed by atoms with Crippen LogP contribution in [0.2, 0.25) is 5.02 Å². The van der Waals surface area contributed by atoms with Crippen molar-refractivity contribution in [3.63, 3.8) is 0 Å². The minimum Gasteiger partial charge on any atom is -0.355 e. The first-order chi connectivity index (χ1) is 10.2. The third kappa shape index (κ3) is 4.71. The van der Waals surface area contributed by atoms with Gasteiger partial charge in [-0.3, -0.25) is 9.59 Å². The van der Waals surface area contributed by atoms with Crippen LogP contribution in [0.4, 0.5) is 0 Å². The number of rotatable bonds is 6. The summed E-state index contributed by atoms with van der Waals surface area (Å²) in [5, 5.41) is 2.67. The average Bonchev–Trinajstić information content (AvgIpc) is 2.43. The molecule has 0 fully saturated rings. The minimum absolute atomic E-state index is 0.0609. The lowest BCUT2D eigenvalue weighted by molar-refractivity contribution is -0.121. The smallest absolute Gasteiger partial charge is 0.254 e. The highest BCUT2D eigenvalue weighted by Gasteiger charge is 2.20. The molecule has 1 rings (SSSR count). The van der Waals surface area contributed by atoms with E-state index in [-0.39, 0.29) is 27.9 Å². The highest BCUT2D eigenvalue weighted by Crippen LogP contribution is 2.23. The number of hydrogen-bond acceptors (Lipinski definition) is 4. The molecule has 2 amide bonds. The van der Waals surface area contributed by atoms with Crippen molar-refractivity contribution in [3.05, 3.63) is 28.8 Å². The van der Waals surface area contributed by atoms with Crippen LogP contribution < -0.4 is 5.32 Å². The topological polar surface area (TPSA) is 83.6 Å². The first-order valence-corrected chi connectivity index (χ1v) is 9.03. The largest absolute Gasteiger partial charge is 0.355 e. The van der Waals surface area contributed by atoms with Gasteiger partial charge in [-0.25, -0.2) is 8.42 Å². The molecule has 8 heteroatoms. The molecule has 0 radical (unpaired) electrons. The van der Waals surface area contributed by atoms with E-state index in [9.17, 15) is 18.0 Å². The minimum atomic E-state index is -3.54. The molecule has 22 heavy (non-hydrogen) atoms. The highest BCUT2D eigenvalue weighted by atomic mass is 35.5. The van der Waals surface area contributed by atoms with Crippen LogP contribution in [0.25, 0.3) is 0 Å². The lowest BCUT2D eigenvalue weighted by atomic mass is 10.2. The molecule has 0 aliphatic carbocycles. The fraction of sp³-hybridized carbons (Fsp3) is 0.429. The second-order valence-corrected chi connectivity index (χ2v) is 7.08. The van der Waals surface area contributed by atoms with E-state index in [1.54, 1.807) is 13.8 Å². The molecule has 0 atom stereocenters. The van der Waals surface area contributed by atoms with E-state index < -0.39 is 15.7 Å². The van der Waals surface area contributed by atoms with Crippen LogP contribution in [-0.2, 0) is 14.6 Å². The third-order valence-electron chi connectivity index (χ3n) is 2.95. The Bertz CT molecular complexity index is 673. The van der Waals surface area contributed by atoms with Gasteiger partial charge in [-0.2, -0.15) is 0 Å². The Morgan fingerprint density at radius 2 is 1.91 bits per heavy atom. The molecular weight excluding hydrogens is 328 g/mol. The van der Waals surface area contributed by atoms with Gasteiger partial charge in [-0.05, 0) is 32.0 Å². The molecule has 0 saturated heterocycles. The molecule has 1 N–H and O–H groups in total. The first kappa shape index (κ1) is 18.4. The molecule has 0 saturated carbocycles. The van der Waals surface area contributed by atoms with Crippen molar-refractivity contribution in [1.29, 1.82) is 0 Å². The summed E-state index contributed by atoms with van der Waals surface area (Å²) < 4.78 is 23.3. The average molecular weight is 347 g/mol. The summed E-state index contributed by atoms with van der Waals surface area (Å²) in [6.45, 7) is 4.24. The predicted octanol–water partition coefficient (Wildman–Crippen LogP) is 1.34. The SMILES string of the molecule is CCNC(=O)CN(CC)C(=O)c1ccc(Cl)c(S(C)(=O)=O)c1. The van der Waals surface area contributed by atoms with E-state index in [2.05, 4.69) is 5.32 Å². The van der Waals surface area contributed by atoms with E-state index in [1.165, 1.54) is 23.1 Å². The molecule has 122 valence electrons. The molecule has 0 aliphatic rings. The quantitative estimate of drug-likeness (QED) is 0.842. The maximum Gasteiger partial charge on any atom is 0.254 e. The Morgan fingerprint density at radius 3 is 2.41 bits per heavy atom. The van der Waals surface area contributed by atoms with Crippen molar-refractivity contribution in [2.24, 2.45) is 0 Å². The molecule has 1 aromatic rings. The van der Waals surface area contributed by atoms with Gasteiger partial charge < -0.3 is 10.2 Å². The Labute approximate surface area is 135 Å². The Morgan fingerprint density at radius 1 is 1.27 bits per heavy atom. The number of sulfone groups is 1. The number of halogens is 1. The summed E-state index contributed by atoms with van der Waals surface area (Å²) in [4.78, 5) is 25.3. The molecule has 6 nitrogen and oxygen atoms in total. The Kier molecular flexibility index (Phi) is 6.37. The van der Waals surface area contributed by atoms with Gasteiger partial charge in [0.2, 0.25) is 5.91 Å². The fourth-order valence-corrected chi connectivity index (χ4v) is 3.16. The maximum atomic E-state index is 12.4. The van der Waals surface area contributed by atoms with Gasteiger partial charge in [-0.1, -0.05) is 11.6 Å². The summed E-state index contributed by atoms with van der Waals surface area (Å²) in [6, 6.07) is 4.05. The Hall–Kier alpha value is -1.60. The highest BCUT2D eigenvalue weighted by molar-refractivity contribution is 7.90. The van der Waals surface area contributed by atoms with Crippen molar-refractivity contribution in [2.75, 3.05) is 25.9 Å². The van der Waals surface area contributed by atoms with Crippen LogP contribution >= 0.6 is 11.6 Å². The monoisotopic (exact) mass is 346 g/mol. The number of hydrogen-bond donors (Lipinski definition) is 1. The van der Waals surface area contributed by atoms with Gasteiger partial charge in [0.1, 0.15) is 0 Å². The zero-order valence-corrected chi connectivity index (χ0v) is 14.3. The fourth-order valence-electron chi connectivity index (χ4n) is 1.86. The van der Waals surface area contributed by atoms with Crippen LogP contribution in [0.5, 0.6) is 0 Å². The Balaban J connectivity index is 3.08. The third-order valence-corrected chi connectivity index (χ3v) is 4.53. The van der Waals surface area contributed by atoms with Crippen LogP contribution in [0, 0.1) is 0 Å². The van der Waals surface area contributed by atoms with Gasteiger partial charge in [0, 0.05) is 24.9 Å². The lowest BCUT2D eigenvalue weighted by Crippen LogP contribution is -2.40. The van der Waals surface area contributed by atoms with Crippen molar-refractivity contribution < 1.29 is 18.0 Å². The van der Waals surface area contributed by atoms with Crippen LogP contribution in [0.1, 0.15) is 24.2 Å². The molecule has 0 aromatic heterocycles. The zero-order valence-electron chi connectivity index (χ0n) is 12.7. The molecular formula is C14H19ClN2O4S. The standard InChI is InChI=1S/C14H19ClN2O4S/c1-4-16-13(18)9-17(5-2)14(19)10-6-7-11(15)12(8-10)22(3,20)21/h6-8H,4-5,9H2,1-3H3,(H,16,18). The van der Waals surface area contributed by atoms with E-state index in [4.69, 9.17) is 11.6 Å². The van der Waals surface area contributed by atoms with Gasteiger partial charge in [0.05, 0.1) is 16.5 Å². The number of benzene rings is 1. The van der Waals surface area contributed by atoms with Crippen LogP contribution in [0.3, 0.4) is 0 Å². The maximum absolute atomic E-state index is 12.4. The lowest BCUT2D eigenvalue weighted by Gasteiger charge is -2.20. The molecule has 0 heterocycles. The van der Waals surface area contributed by atoms with Crippen molar-refractivity contribution in [1.82, 2.24) is 10.2 Å². The number of nitrogens with one attached hydrogen (secondary N) is 1. The summed E-state index contributed by atoms with van der Waals surface area (Å²) in [7, 11) is -3.54. The van der Waals surface area contributed by atoms with Crippen molar-refractivity contribution in [3.8, 4) is 0 Å². The first-order valence-electron chi connectivity index (χ1n) is 6.76. The summed E-state index contributed by atoms with van der Waals surface area (Å²) in [5.41, 5.74) is 0.177. The predicted molar refractivity (Wildman–Crippen MR) is 84.8 cm³/mol. The number of nitrogens with zero attached hydrogens (tertiary/aromatic N) is 1. The van der Waals surface area contributed by atoms with Crippen molar-refractivity contribution >= 4 is 33.3 Å². The summed E-state index contributed by atoms with van der Waals surface area (Å²) in [6.07, 6.45) is 1.02. The van der Waals surface area contributed by atoms with Gasteiger partial charge in [0.25, 0.3) is 5.91 Å². The van der Waals surface area contributed by atoms with Crippen molar-refractivity contribution in [2.45, 2.75) is 18.7 Å². The van der Waals surface area contributed by atoms with Gasteiger partial charge in [0.15, 0.2) is 9.84 Å². The van der Waals surface area contributed by atoms with E-state index in [1.807, 2.05) is 0 Å². The molecule has 0 aliphatic heterocycles. The van der Waals surface area contributed by atoms with Crippen LogP contribution in [-0.4, -0.2) is 51.0 Å². The summed E-state index contributed by atoms with van der Waals surface area (Å²) in [5.74, 6) is -0.690. The van der Waals surface area contributed by atoms with Gasteiger partial charge in [-0.15, -0.1) is 0 Å². The zero-order chi connectivity index (χ0) is 16.9. The second kappa shape index (κ2) is 7.60. The summed E-state index contributed by atoms with van der Waals surface area (Å²) >= 11 is 5.86. The van der Waals surface area contributed by atoms with E-state index in [0.29, 0.717) is 13.1 Å². The van der Waals surface area contributed by atoms with Crippen LogP contribution in [0.15, 0.2) is 23.1 Å². The normalized spacial score (nSPS) is 11.1. The van der Waals surface area contributed by atoms with E-state index >= 15 is 0 Å². The number of carbonyl (C=O) groups excluding carboxylic acids is 2.